The highest BCUT2D eigenvalue weighted by atomic mass is 32.2. The molecule has 2 atom stereocenters. The summed E-state index contributed by atoms with van der Waals surface area (Å²) < 4.78 is 38.1. The van der Waals surface area contributed by atoms with Crippen molar-refractivity contribution < 1.29 is 22.7 Å². The van der Waals surface area contributed by atoms with E-state index in [4.69, 9.17) is 9.47 Å². The van der Waals surface area contributed by atoms with E-state index < -0.39 is 21.7 Å². The van der Waals surface area contributed by atoms with Gasteiger partial charge in [0.1, 0.15) is 17.1 Å². The maximum Gasteiger partial charge on any atom is 0.263 e. The number of amides is 1. The number of sulfonamides is 1. The van der Waals surface area contributed by atoms with Crippen LogP contribution in [0.2, 0.25) is 0 Å². The van der Waals surface area contributed by atoms with Crippen molar-refractivity contribution in [3.05, 3.63) is 53.1 Å². The van der Waals surface area contributed by atoms with Gasteiger partial charge < -0.3 is 14.8 Å². The normalized spacial score (nSPS) is 21.9. The fraction of sp³-hybridized carbons (Fsp3) is 0.435. The molecule has 0 fully saturated rings. The Morgan fingerprint density at radius 2 is 1.77 bits per heavy atom. The molecule has 2 aromatic carbocycles. The zero-order valence-corrected chi connectivity index (χ0v) is 19.2. The van der Waals surface area contributed by atoms with E-state index in [-0.39, 0.29) is 18.5 Å². The molecule has 166 valence electrons. The van der Waals surface area contributed by atoms with E-state index in [1.807, 2.05) is 52.0 Å². The van der Waals surface area contributed by atoms with Crippen molar-refractivity contribution in [3.63, 3.8) is 0 Å². The van der Waals surface area contributed by atoms with E-state index in [1.165, 1.54) is 4.31 Å². The molecule has 0 bridgehead atoms. The van der Waals surface area contributed by atoms with Gasteiger partial charge in [-0.25, -0.2) is 8.42 Å². The van der Waals surface area contributed by atoms with Gasteiger partial charge in [-0.05, 0) is 57.0 Å². The number of carbonyl (C=O) groups excluding carboxylic acids is 1. The van der Waals surface area contributed by atoms with Crippen molar-refractivity contribution in [2.75, 3.05) is 17.1 Å². The first-order valence-electron chi connectivity index (χ1n) is 10.3. The van der Waals surface area contributed by atoms with E-state index >= 15 is 0 Å². The van der Waals surface area contributed by atoms with Crippen LogP contribution >= 0.6 is 0 Å². The SMILES string of the molecule is Cc1ccc2c(c1)OC(C)(C)CC2NC(=O)C1CN(S(C)(=O)=O)c2cc(C)ccc2O1. The highest BCUT2D eigenvalue weighted by molar-refractivity contribution is 7.92. The van der Waals surface area contributed by atoms with Crippen LogP contribution in [0.1, 0.15) is 43.0 Å². The first-order valence-corrected chi connectivity index (χ1v) is 12.1. The number of hydrogen-bond acceptors (Lipinski definition) is 5. The lowest BCUT2D eigenvalue weighted by molar-refractivity contribution is -0.129. The molecule has 0 saturated carbocycles. The number of benzene rings is 2. The minimum atomic E-state index is -3.57. The quantitative estimate of drug-likeness (QED) is 0.786. The van der Waals surface area contributed by atoms with Gasteiger partial charge in [-0.2, -0.15) is 0 Å². The Hall–Kier alpha value is -2.74. The Labute approximate surface area is 183 Å². The summed E-state index contributed by atoms with van der Waals surface area (Å²) in [6, 6.07) is 11.0. The summed E-state index contributed by atoms with van der Waals surface area (Å²) >= 11 is 0. The number of aryl methyl sites for hydroxylation is 2. The first kappa shape index (κ1) is 21.5. The van der Waals surface area contributed by atoms with E-state index in [0.717, 1.165) is 28.7 Å². The molecule has 2 heterocycles. The molecule has 1 amide bonds. The lowest BCUT2D eigenvalue weighted by atomic mass is 9.89. The number of rotatable bonds is 3. The molecular formula is C23H28N2O5S. The monoisotopic (exact) mass is 444 g/mol. The van der Waals surface area contributed by atoms with Crippen LogP contribution in [0.4, 0.5) is 5.69 Å². The van der Waals surface area contributed by atoms with E-state index in [0.29, 0.717) is 17.9 Å². The average Bonchev–Trinajstić information content (AvgIpc) is 2.65. The largest absolute Gasteiger partial charge is 0.487 e. The van der Waals surface area contributed by atoms with Gasteiger partial charge in [-0.1, -0.05) is 18.2 Å². The Bertz CT molecular complexity index is 1140. The lowest BCUT2D eigenvalue weighted by Crippen LogP contribution is -2.52. The lowest BCUT2D eigenvalue weighted by Gasteiger charge is -2.39. The molecule has 4 rings (SSSR count). The highest BCUT2D eigenvalue weighted by Gasteiger charge is 2.39. The molecule has 31 heavy (non-hydrogen) atoms. The van der Waals surface area contributed by atoms with Crippen LogP contribution < -0.4 is 19.1 Å². The maximum absolute atomic E-state index is 13.2. The fourth-order valence-corrected chi connectivity index (χ4v) is 5.07. The van der Waals surface area contributed by atoms with Crippen LogP contribution in [0.15, 0.2) is 36.4 Å². The number of fused-ring (bicyclic) bond motifs is 2. The van der Waals surface area contributed by atoms with Gasteiger partial charge in [0.25, 0.3) is 5.91 Å². The van der Waals surface area contributed by atoms with Gasteiger partial charge in [-0.15, -0.1) is 0 Å². The van der Waals surface area contributed by atoms with Gasteiger partial charge in [0.2, 0.25) is 10.0 Å². The van der Waals surface area contributed by atoms with E-state index in [1.54, 1.807) is 12.1 Å². The zero-order valence-electron chi connectivity index (χ0n) is 18.4. The smallest absolute Gasteiger partial charge is 0.263 e. The summed E-state index contributed by atoms with van der Waals surface area (Å²) in [6.07, 6.45) is 0.774. The molecule has 2 aromatic rings. The van der Waals surface area contributed by atoms with Crippen molar-refractivity contribution in [3.8, 4) is 11.5 Å². The predicted octanol–water partition coefficient (Wildman–Crippen LogP) is 3.25. The molecule has 0 saturated heterocycles. The summed E-state index contributed by atoms with van der Waals surface area (Å²) in [5.41, 5.74) is 2.91. The van der Waals surface area contributed by atoms with Crippen molar-refractivity contribution in [2.45, 2.75) is 51.9 Å². The van der Waals surface area contributed by atoms with Gasteiger partial charge in [0, 0.05) is 12.0 Å². The Balaban J connectivity index is 1.61. The number of hydrogen-bond donors (Lipinski definition) is 1. The zero-order chi connectivity index (χ0) is 22.6. The summed E-state index contributed by atoms with van der Waals surface area (Å²) in [5, 5.41) is 3.07. The molecule has 8 heteroatoms. The Morgan fingerprint density at radius 3 is 2.48 bits per heavy atom. The molecular weight excluding hydrogens is 416 g/mol. The number of ether oxygens (including phenoxy) is 2. The second-order valence-corrected chi connectivity index (χ2v) is 10.9. The summed E-state index contributed by atoms with van der Waals surface area (Å²) in [5.74, 6) is 0.782. The first-order chi connectivity index (χ1) is 14.4. The number of nitrogens with zero attached hydrogens (tertiary/aromatic N) is 1. The molecule has 0 radical (unpaired) electrons. The second-order valence-electron chi connectivity index (χ2n) is 9.04. The standard InChI is InChI=1S/C23H28N2O5S/c1-14-7-9-19-18(10-14)25(31(5,27)28)13-21(29-19)22(26)24-17-12-23(3,4)30-20-11-15(2)6-8-16(17)20/h6-11,17,21H,12-13H2,1-5H3,(H,24,26). The van der Waals surface area contributed by atoms with Crippen LogP contribution in [0.5, 0.6) is 11.5 Å². The second kappa shape index (κ2) is 7.44. The van der Waals surface area contributed by atoms with Gasteiger partial charge in [0.15, 0.2) is 6.10 Å². The number of carbonyl (C=O) groups is 1. The molecule has 2 unspecified atom stereocenters. The highest BCUT2D eigenvalue weighted by Crippen LogP contribution is 2.40. The molecule has 0 aliphatic carbocycles. The minimum absolute atomic E-state index is 0.0749. The number of nitrogens with one attached hydrogen (secondary N) is 1. The van der Waals surface area contributed by atoms with Gasteiger partial charge in [0.05, 0.1) is 24.5 Å². The molecule has 2 aliphatic rings. The Kier molecular flexibility index (Phi) is 5.16. The summed E-state index contributed by atoms with van der Waals surface area (Å²) in [4.78, 5) is 13.2. The van der Waals surface area contributed by atoms with Crippen LogP contribution in [0, 0.1) is 13.8 Å². The predicted molar refractivity (Wildman–Crippen MR) is 119 cm³/mol. The third-order valence-corrected chi connectivity index (χ3v) is 6.77. The van der Waals surface area contributed by atoms with Crippen LogP contribution in [0.25, 0.3) is 0 Å². The minimum Gasteiger partial charge on any atom is -0.487 e. The molecule has 7 nitrogen and oxygen atoms in total. The molecule has 0 aromatic heterocycles. The molecule has 2 aliphatic heterocycles. The van der Waals surface area contributed by atoms with Gasteiger partial charge >= 0.3 is 0 Å². The molecule has 0 spiro atoms. The third kappa shape index (κ3) is 4.35. The van der Waals surface area contributed by atoms with Crippen molar-refractivity contribution in [1.82, 2.24) is 5.32 Å². The fourth-order valence-electron chi connectivity index (χ4n) is 4.16. The Morgan fingerprint density at radius 1 is 1.10 bits per heavy atom. The third-order valence-electron chi connectivity index (χ3n) is 5.62. The van der Waals surface area contributed by atoms with E-state index in [9.17, 15) is 13.2 Å². The van der Waals surface area contributed by atoms with E-state index in [2.05, 4.69) is 5.32 Å². The van der Waals surface area contributed by atoms with Crippen molar-refractivity contribution in [2.24, 2.45) is 0 Å². The number of anilines is 1. The van der Waals surface area contributed by atoms with Crippen molar-refractivity contribution >= 4 is 21.6 Å². The van der Waals surface area contributed by atoms with Gasteiger partial charge in [-0.3, -0.25) is 9.10 Å². The average molecular weight is 445 g/mol. The van der Waals surface area contributed by atoms with Crippen molar-refractivity contribution in [1.29, 1.82) is 0 Å². The van der Waals surface area contributed by atoms with Crippen LogP contribution in [-0.4, -0.2) is 38.8 Å². The summed E-state index contributed by atoms with van der Waals surface area (Å²) in [7, 11) is -3.57. The van der Waals surface area contributed by atoms with Crippen LogP contribution in [0.3, 0.4) is 0 Å². The maximum atomic E-state index is 13.2. The van der Waals surface area contributed by atoms with Crippen LogP contribution in [-0.2, 0) is 14.8 Å². The molecule has 1 N–H and O–H groups in total. The topological polar surface area (TPSA) is 84.9 Å². The summed E-state index contributed by atoms with van der Waals surface area (Å²) in [6.45, 7) is 7.77.